The van der Waals surface area contributed by atoms with Crippen molar-refractivity contribution >= 4 is 0 Å². The summed E-state index contributed by atoms with van der Waals surface area (Å²) in [5.74, 6) is 0.434. The molecule has 0 N–H and O–H groups in total. The quantitative estimate of drug-likeness (QED) is 0.667. The van der Waals surface area contributed by atoms with E-state index in [0.717, 1.165) is 5.56 Å². The number of aryl methyl sites for hydroxylation is 1. The summed E-state index contributed by atoms with van der Waals surface area (Å²) in [6, 6.07) is 1.71. The van der Waals surface area contributed by atoms with Crippen molar-refractivity contribution < 1.29 is 4.39 Å². The molecule has 0 aromatic carbocycles. The summed E-state index contributed by atoms with van der Waals surface area (Å²) in [5, 5.41) is 16.1. The lowest BCUT2D eigenvalue weighted by Gasteiger charge is -1.95. The van der Waals surface area contributed by atoms with E-state index in [1.807, 2.05) is 0 Å². The monoisotopic (exact) mass is 274 g/mol. The third kappa shape index (κ3) is 2.66. The van der Waals surface area contributed by atoms with E-state index < -0.39 is 6.67 Å². The summed E-state index contributed by atoms with van der Waals surface area (Å²) in [5.41, 5.74) is 1.49. The van der Waals surface area contributed by atoms with Crippen LogP contribution in [0.3, 0.4) is 0 Å². The Morgan fingerprint density at radius 1 is 1.30 bits per heavy atom. The van der Waals surface area contributed by atoms with Gasteiger partial charge in [0.1, 0.15) is 18.7 Å². The molecule has 0 aliphatic rings. The van der Waals surface area contributed by atoms with E-state index in [0.29, 0.717) is 18.1 Å². The largest absolute Gasteiger partial charge is 0.270 e. The van der Waals surface area contributed by atoms with Crippen LogP contribution in [0.5, 0.6) is 0 Å². The minimum atomic E-state index is -0.444. The number of rotatable bonds is 5. The number of halogens is 1. The molecule has 0 saturated heterocycles. The van der Waals surface area contributed by atoms with E-state index in [1.165, 1.54) is 15.8 Å². The number of tetrazole rings is 1. The van der Waals surface area contributed by atoms with Gasteiger partial charge in [0.2, 0.25) is 5.82 Å². The number of hydrogen-bond acceptors (Lipinski definition) is 6. The Kier molecular flexibility index (Phi) is 3.40. The predicted molar refractivity (Wildman–Crippen MR) is 66.1 cm³/mol. The predicted octanol–water partition coefficient (Wildman–Crippen LogP) is 0.344. The van der Waals surface area contributed by atoms with Crippen LogP contribution < -0.4 is 0 Å². The zero-order valence-electron chi connectivity index (χ0n) is 10.5. The third-order valence-corrected chi connectivity index (χ3v) is 2.59. The lowest BCUT2D eigenvalue weighted by atomic mass is 10.4. The molecule has 3 heterocycles. The molecule has 20 heavy (non-hydrogen) atoms. The molecular formula is C11H11FN8. The maximum atomic E-state index is 12.2. The first-order valence-corrected chi connectivity index (χ1v) is 5.96. The van der Waals surface area contributed by atoms with Crippen LogP contribution in [0.15, 0.2) is 31.0 Å². The molecule has 0 aliphatic heterocycles. The van der Waals surface area contributed by atoms with Crippen LogP contribution in [0.4, 0.5) is 4.39 Å². The van der Waals surface area contributed by atoms with Crippen LogP contribution in [0.2, 0.25) is 0 Å². The Hall–Kier alpha value is -2.71. The van der Waals surface area contributed by atoms with E-state index in [9.17, 15) is 4.39 Å². The maximum Gasteiger partial charge on any atom is 0.223 e. The minimum Gasteiger partial charge on any atom is -0.270 e. The summed E-state index contributed by atoms with van der Waals surface area (Å²) in [4.78, 5) is 9.32. The minimum absolute atomic E-state index is 0.247. The highest BCUT2D eigenvalue weighted by atomic mass is 19.1. The topological polar surface area (TPSA) is 87.2 Å². The van der Waals surface area contributed by atoms with Gasteiger partial charge in [0.05, 0.1) is 19.3 Å². The van der Waals surface area contributed by atoms with Crippen molar-refractivity contribution in [1.29, 1.82) is 0 Å². The number of nitrogens with zero attached hydrogens (tertiary/aromatic N) is 8. The second kappa shape index (κ2) is 5.51. The molecule has 3 aromatic heterocycles. The Morgan fingerprint density at radius 2 is 2.25 bits per heavy atom. The lowest BCUT2D eigenvalue weighted by Crippen LogP contribution is -2.04. The van der Waals surface area contributed by atoms with Gasteiger partial charge in [0, 0.05) is 18.0 Å². The average Bonchev–Trinajstić information content (AvgIpc) is 3.11. The molecule has 0 amide bonds. The molecule has 8 nitrogen and oxygen atoms in total. The van der Waals surface area contributed by atoms with Crippen LogP contribution in [0, 0.1) is 0 Å². The Labute approximate surface area is 113 Å². The summed E-state index contributed by atoms with van der Waals surface area (Å²) in [6.45, 7) is 0.224. The van der Waals surface area contributed by atoms with Crippen molar-refractivity contribution in [3.8, 4) is 11.5 Å². The van der Waals surface area contributed by atoms with Crippen LogP contribution in [-0.2, 0) is 13.1 Å². The highest BCUT2D eigenvalue weighted by Crippen LogP contribution is 2.08. The van der Waals surface area contributed by atoms with Gasteiger partial charge in [-0.15, -0.1) is 10.2 Å². The number of hydrogen-bond donors (Lipinski definition) is 0. The van der Waals surface area contributed by atoms with Crippen molar-refractivity contribution in [2.24, 2.45) is 0 Å². The van der Waals surface area contributed by atoms with Crippen LogP contribution in [0.1, 0.15) is 5.56 Å². The standard InChI is InChI=1S/C11H11FN8/c12-2-4-19-6-9(5-15-19)7-20-17-11(16-18-20)10-1-3-13-8-14-10/h1,3,5-6,8H,2,4,7H2. The molecule has 0 saturated carbocycles. The molecule has 0 radical (unpaired) electrons. The molecule has 0 spiro atoms. The first-order chi connectivity index (χ1) is 9.85. The van der Waals surface area contributed by atoms with Gasteiger partial charge >= 0.3 is 0 Å². The van der Waals surface area contributed by atoms with Crippen molar-refractivity contribution in [1.82, 2.24) is 40.0 Å². The average molecular weight is 274 g/mol. The van der Waals surface area contributed by atoms with Crippen molar-refractivity contribution in [2.75, 3.05) is 6.67 Å². The van der Waals surface area contributed by atoms with E-state index in [1.54, 1.807) is 24.7 Å². The lowest BCUT2D eigenvalue weighted by molar-refractivity contribution is 0.427. The smallest absolute Gasteiger partial charge is 0.223 e. The molecule has 0 fully saturated rings. The van der Waals surface area contributed by atoms with Crippen molar-refractivity contribution in [3.63, 3.8) is 0 Å². The van der Waals surface area contributed by atoms with Gasteiger partial charge < -0.3 is 0 Å². The summed E-state index contributed by atoms with van der Waals surface area (Å²) in [7, 11) is 0. The first-order valence-electron chi connectivity index (χ1n) is 5.96. The fourth-order valence-corrected chi connectivity index (χ4v) is 1.70. The van der Waals surface area contributed by atoms with Crippen LogP contribution >= 0.6 is 0 Å². The molecule has 0 bridgehead atoms. The molecule has 0 atom stereocenters. The molecule has 0 aliphatic carbocycles. The second-order valence-corrected chi connectivity index (χ2v) is 4.04. The summed E-state index contributed by atoms with van der Waals surface area (Å²) in [6.07, 6.45) is 6.46. The summed E-state index contributed by atoms with van der Waals surface area (Å²) < 4.78 is 13.7. The Bertz CT molecular complexity index is 677. The molecule has 0 unspecified atom stereocenters. The SMILES string of the molecule is FCCn1cc(Cn2nnc(-c3ccncn3)n2)cn1. The van der Waals surface area contributed by atoms with Crippen molar-refractivity contribution in [2.45, 2.75) is 13.1 Å². The van der Waals surface area contributed by atoms with Gasteiger partial charge in [0.25, 0.3) is 0 Å². The Morgan fingerprint density at radius 3 is 3.05 bits per heavy atom. The van der Waals surface area contributed by atoms with Crippen LogP contribution in [-0.4, -0.2) is 46.6 Å². The number of aromatic nitrogens is 8. The van der Waals surface area contributed by atoms with Gasteiger partial charge in [0.15, 0.2) is 0 Å². The molecular weight excluding hydrogens is 263 g/mol. The van der Waals surface area contributed by atoms with Gasteiger partial charge in [-0.3, -0.25) is 4.68 Å². The maximum absolute atomic E-state index is 12.2. The van der Waals surface area contributed by atoms with E-state index in [-0.39, 0.29) is 6.54 Å². The third-order valence-electron chi connectivity index (χ3n) is 2.59. The molecule has 9 heteroatoms. The number of alkyl halides is 1. The first kappa shape index (κ1) is 12.3. The zero-order chi connectivity index (χ0) is 13.8. The van der Waals surface area contributed by atoms with Gasteiger partial charge in [-0.05, 0) is 11.3 Å². The molecule has 3 rings (SSSR count). The molecule has 102 valence electrons. The molecule has 3 aromatic rings. The fraction of sp³-hybridized carbons (Fsp3) is 0.273. The van der Waals surface area contributed by atoms with E-state index in [2.05, 4.69) is 30.5 Å². The van der Waals surface area contributed by atoms with Crippen molar-refractivity contribution in [3.05, 3.63) is 36.5 Å². The fourth-order valence-electron chi connectivity index (χ4n) is 1.70. The normalized spacial score (nSPS) is 10.8. The van der Waals surface area contributed by atoms with E-state index >= 15 is 0 Å². The summed E-state index contributed by atoms with van der Waals surface area (Å²) >= 11 is 0. The van der Waals surface area contributed by atoms with Gasteiger partial charge in [-0.2, -0.15) is 9.90 Å². The highest BCUT2D eigenvalue weighted by molar-refractivity contribution is 5.45. The van der Waals surface area contributed by atoms with Gasteiger partial charge in [-0.1, -0.05) is 0 Å². The van der Waals surface area contributed by atoms with Crippen LogP contribution in [0.25, 0.3) is 11.5 Å². The second-order valence-electron chi connectivity index (χ2n) is 4.04. The highest BCUT2D eigenvalue weighted by Gasteiger charge is 2.08. The Balaban J connectivity index is 1.73. The zero-order valence-corrected chi connectivity index (χ0v) is 10.5. The van der Waals surface area contributed by atoms with Gasteiger partial charge in [-0.25, -0.2) is 14.4 Å². The van der Waals surface area contributed by atoms with E-state index in [4.69, 9.17) is 0 Å².